The summed E-state index contributed by atoms with van der Waals surface area (Å²) in [6.45, 7) is 2.51. The Bertz CT molecular complexity index is 1010. The molecule has 4 rings (SSSR count). The molecule has 8 heteroatoms. The number of hydrogen-bond acceptors (Lipinski definition) is 5. The van der Waals surface area contributed by atoms with E-state index < -0.39 is 11.9 Å². The van der Waals surface area contributed by atoms with E-state index >= 15 is 0 Å². The van der Waals surface area contributed by atoms with Gasteiger partial charge in [-0.05, 0) is 68.4 Å². The molecule has 37 heavy (non-hydrogen) atoms. The fourth-order valence-electron chi connectivity index (χ4n) is 5.51. The van der Waals surface area contributed by atoms with Crippen LogP contribution < -0.4 is 11.1 Å². The van der Waals surface area contributed by atoms with E-state index in [9.17, 15) is 14.0 Å². The summed E-state index contributed by atoms with van der Waals surface area (Å²) in [5.74, 6) is -0.752. The summed E-state index contributed by atoms with van der Waals surface area (Å²) in [7, 11) is 1.69. The zero-order valence-electron chi connectivity index (χ0n) is 21.7. The van der Waals surface area contributed by atoms with E-state index in [-0.39, 0.29) is 29.9 Å². The standard InChI is InChI=1S/C29H39FN4O3/c1-37-18-17-33(20-21-5-3-2-4-6-21)26-15-16-34(29(36)22-7-9-23(30)10-8-22)27(19-26)28(35)32-25-13-11-24(31)12-14-25/h2-10,24-27H,11-20,31H2,1H3,(H,32,35)/t24?,25?,26?,27-/m1/s1. The van der Waals surface area contributed by atoms with Gasteiger partial charge in [0.25, 0.3) is 5.91 Å². The average Bonchev–Trinajstić information content (AvgIpc) is 2.92. The Balaban J connectivity index is 1.53. The first-order valence-electron chi connectivity index (χ1n) is 13.3. The highest BCUT2D eigenvalue weighted by molar-refractivity contribution is 5.97. The molecule has 0 aromatic heterocycles. The number of methoxy groups -OCH3 is 1. The van der Waals surface area contributed by atoms with Crippen LogP contribution in [0, 0.1) is 5.82 Å². The molecule has 7 nitrogen and oxygen atoms in total. The molecule has 1 aliphatic heterocycles. The van der Waals surface area contributed by atoms with Crippen LogP contribution in [0.5, 0.6) is 0 Å². The maximum absolute atomic E-state index is 13.6. The van der Waals surface area contributed by atoms with Gasteiger partial charge in [0.15, 0.2) is 0 Å². The van der Waals surface area contributed by atoms with Crippen molar-refractivity contribution in [3.63, 3.8) is 0 Å². The highest BCUT2D eigenvalue weighted by Crippen LogP contribution is 2.27. The summed E-state index contributed by atoms with van der Waals surface area (Å²) in [5.41, 5.74) is 7.64. The third-order valence-electron chi connectivity index (χ3n) is 7.68. The smallest absolute Gasteiger partial charge is 0.254 e. The SMILES string of the molecule is COCCN(Cc1ccccc1)C1CCN(C(=O)c2ccc(F)cc2)[C@@H](C(=O)NC2CCC(N)CC2)C1. The Morgan fingerprint density at radius 1 is 1.05 bits per heavy atom. The summed E-state index contributed by atoms with van der Waals surface area (Å²) in [4.78, 5) is 31.2. The Labute approximate surface area is 219 Å². The van der Waals surface area contributed by atoms with Gasteiger partial charge in [0.2, 0.25) is 5.91 Å². The van der Waals surface area contributed by atoms with Crippen LogP contribution in [0.25, 0.3) is 0 Å². The van der Waals surface area contributed by atoms with Crippen molar-refractivity contribution in [3.05, 3.63) is 71.5 Å². The molecule has 1 unspecified atom stereocenters. The van der Waals surface area contributed by atoms with Gasteiger partial charge in [-0.1, -0.05) is 30.3 Å². The van der Waals surface area contributed by atoms with E-state index in [4.69, 9.17) is 10.5 Å². The van der Waals surface area contributed by atoms with Gasteiger partial charge < -0.3 is 20.7 Å². The molecule has 2 aromatic rings. The molecule has 2 aromatic carbocycles. The minimum absolute atomic E-state index is 0.0735. The van der Waals surface area contributed by atoms with Gasteiger partial charge in [-0.2, -0.15) is 0 Å². The number of benzene rings is 2. The van der Waals surface area contributed by atoms with Gasteiger partial charge in [-0.25, -0.2) is 4.39 Å². The fraction of sp³-hybridized carbons (Fsp3) is 0.517. The molecule has 200 valence electrons. The van der Waals surface area contributed by atoms with E-state index in [1.54, 1.807) is 12.0 Å². The molecule has 1 saturated carbocycles. The fourth-order valence-corrected chi connectivity index (χ4v) is 5.51. The number of nitrogens with zero attached hydrogens (tertiary/aromatic N) is 2. The van der Waals surface area contributed by atoms with Gasteiger partial charge in [-0.15, -0.1) is 0 Å². The third-order valence-corrected chi connectivity index (χ3v) is 7.68. The Morgan fingerprint density at radius 3 is 2.43 bits per heavy atom. The number of carbonyl (C=O) groups excluding carboxylic acids is 2. The number of likely N-dealkylation sites (tertiary alicyclic amines) is 1. The first-order valence-corrected chi connectivity index (χ1v) is 13.3. The predicted octanol–water partition coefficient (Wildman–Crippen LogP) is 3.33. The number of nitrogens with two attached hydrogens (primary N) is 1. The number of nitrogens with one attached hydrogen (secondary N) is 1. The Kier molecular flexibility index (Phi) is 9.66. The molecule has 0 spiro atoms. The maximum atomic E-state index is 13.6. The molecule has 2 fully saturated rings. The maximum Gasteiger partial charge on any atom is 0.254 e. The lowest BCUT2D eigenvalue weighted by Crippen LogP contribution is -2.58. The summed E-state index contributed by atoms with van der Waals surface area (Å²) < 4.78 is 18.9. The third kappa shape index (κ3) is 7.37. The van der Waals surface area contributed by atoms with Gasteiger partial charge >= 0.3 is 0 Å². The van der Waals surface area contributed by atoms with Gasteiger partial charge in [0.05, 0.1) is 6.61 Å². The number of hydrogen-bond donors (Lipinski definition) is 2. The van der Waals surface area contributed by atoms with Crippen molar-refractivity contribution in [1.82, 2.24) is 15.1 Å². The zero-order valence-corrected chi connectivity index (χ0v) is 21.7. The van der Waals surface area contributed by atoms with Crippen LogP contribution in [-0.2, 0) is 16.1 Å². The molecule has 2 amide bonds. The van der Waals surface area contributed by atoms with E-state index in [1.807, 2.05) is 18.2 Å². The summed E-state index contributed by atoms with van der Waals surface area (Å²) in [6.07, 6.45) is 4.75. The number of carbonyl (C=O) groups is 2. The molecule has 0 bridgehead atoms. The highest BCUT2D eigenvalue weighted by atomic mass is 19.1. The predicted molar refractivity (Wildman–Crippen MR) is 141 cm³/mol. The van der Waals surface area contributed by atoms with Gasteiger partial charge in [0.1, 0.15) is 11.9 Å². The quantitative estimate of drug-likeness (QED) is 0.540. The van der Waals surface area contributed by atoms with Crippen LogP contribution in [0.2, 0.25) is 0 Å². The van der Waals surface area contributed by atoms with Crippen molar-refractivity contribution in [2.75, 3.05) is 26.8 Å². The number of ether oxygens (including phenoxy) is 1. The molecule has 2 aliphatic rings. The highest BCUT2D eigenvalue weighted by Gasteiger charge is 2.39. The second-order valence-electron chi connectivity index (χ2n) is 10.3. The van der Waals surface area contributed by atoms with Gasteiger partial charge in [0, 0.05) is 50.4 Å². The first-order chi connectivity index (χ1) is 17.9. The van der Waals surface area contributed by atoms with Crippen molar-refractivity contribution in [2.24, 2.45) is 5.73 Å². The van der Waals surface area contributed by atoms with E-state index in [0.29, 0.717) is 25.1 Å². The number of halogens is 1. The lowest BCUT2D eigenvalue weighted by Gasteiger charge is -2.43. The minimum Gasteiger partial charge on any atom is -0.383 e. The average molecular weight is 511 g/mol. The van der Waals surface area contributed by atoms with E-state index in [1.165, 1.54) is 29.8 Å². The van der Waals surface area contributed by atoms with Crippen molar-refractivity contribution in [3.8, 4) is 0 Å². The zero-order chi connectivity index (χ0) is 26.2. The summed E-state index contributed by atoms with van der Waals surface area (Å²) in [5, 5.41) is 3.22. The minimum atomic E-state index is -0.604. The second-order valence-corrected chi connectivity index (χ2v) is 10.3. The monoisotopic (exact) mass is 510 g/mol. The second kappa shape index (κ2) is 13.1. The molecule has 2 atom stereocenters. The Morgan fingerprint density at radius 2 is 1.76 bits per heavy atom. The molecular formula is C29H39FN4O3. The number of rotatable bonds is 9. The number of piperidine rings is 1. The number of amides is 2. The molecule has 1 heterocycles. The van der Waals surface area contributed by atoms with Crippen LogP contribution in [0.15, 0.2) is 54.6 Å². The van der Waals surface area contributed by atoms with Crippen molar-refractivity contribution >= 4 is 11.8 Å². The van der Waals surface area contributed by atoms with Crippen LogP contribution in [0.3, 0.4) is 0 Å². The van der Waals surface area contributed by atoms with Crippen molar-refractivity contribution in [2.45, 2.75) is 69.2 Å². The topological polar surface area (TPSA) is 87.9 Å². The lowest BCUT2D eigenvalue weighted by molar-refractivity contribution is -0.128. The summed E-state index contributed by atoms with van der Waals surface area (Å²) >= 11 is 0. The van der Waals surface area contributed by atoms with Crippen LogP contribution in [0.4, 0.5) is 4.39 Å². The summed E-state index contributed by atoms with van der Waals surface area (Å²) in [6, 6.07) is 15.6. The Hall–Kier alpha value is -2.81. The molecular weight excluding hydrogens is 471 g/mol. The van der Waals surface area contributed by atoms with E-state index in [0.717, 1.165) is 45.2 Å². The molecule has 3 N–H and O–H groups in total. The normalized spacial score (nSPS) is 24.2. The van der Waals surface area contributed by atoms with Crippen molar-refractivity contribution < 1.29 is 18.7 Å². The van der Waals surface area contributed by atoms with Crippen LogP contribution >= 0.6 is 0 Å². The largest absolute Gasteiger partial charge is 0.383 e. The molecule has 1 saturated heterocycles. The first kappa shape index (κ1) is 27.2. The molecule has 1 aliphatic carbocycles. The van der Waals surface area contributed by atoms with Crippen LogP contribution in [0.1, 0.15) is 54.4 Å². The van der Waals surface area contributed by atoms with Crippen molar-refractivity contribution in [1.29, 1.82) is 0 Å². The van der Waals surface area contributed by atoms with Gasteiger partial charge in [-0.3, -0.25) is 14.5 Å². The molecule has 0 radical (unpaired) electrons. The van der Waals surface area contributed by atoms with E-state index in [2.05, 4.69) is 22.3 Å². The lowest BCUT2D eigenvalue weighted by atomic mass is 9.90. The van der Waals surface area contributed by atoms with Crippen LogP contribution in [-0.4, -0.2) is 72.6 Å².